The van der Waals surface area contributed by atoms with Gasteiger partial charge in [0.1, 0.15) is 17.5 Å². The summed E-state index contributed by atoms with van der Waals surface area (Å²) in [7, 11) is -1.08. The molecule has 1 aromatic heterocycles. The lowest BCUT2D eigenvalue weighted by Crippen LogP contribution is -2.28. The highest BCUT2D eigenvalue weighted by Gasteiger charge is 2.21. The fraction of sp³-hybridized carbons (Fsp3) is 0.692. The second kappa shape index (κ2) is 5.95. The Labute approximate surface area is 120 Å². The van der Waals surface area contributed by atoms with E-state index >= 15 is 0 Å². The van der Waals surface area contributed by atoms with Crippen LogP contribution in [-0.4, -0.2) is 50.0 Å². The monoisotopic (exact) mass is 298 g/mol. The van der Waals surface area contributed by atoms with Crippen molar-refractivity contribution in [3.05, 3.63) is 11.9 Å². The van der Waals surface area contributed by atoms with Crippen LogP contribution in [0.4, 0.5) is 11.6 Å². The van der Waals surface area contributed by atoms with Crippen molar-refractivity contribution in [1.29, 1.82) is 0 Å². The molecule has 0 atom stereocenters. The normalized spacial score (nSPS) is 18.9. The van der Waals surface area contributed by atoms with Crippen molar-refractivity contribution >= 4 is 21.5 Å². The van der Waals surface area contributed by atoms with E-state index in [1.807, 2.05) is 31.9 Å². The molecule has 0 aromatic carbocycles. The largest absolute Gasteiger partial charge is 0.373 e. The van der Waals surface area contributed by atoms with Gasteiger partial charge in [-0.25, -0.2) is 18.4 Å². The number of hydrogen-bond acceptors (Lipinski definition) is 6. The van der Waals surface area contributed by atoms with Gasteiger partial charge in [0, 0.05) is 32.1 Å². The fourth-order valence-corrected chi connectivity index (χ4v) is 3.44. The van der Waals surface area contributed by atoms with Crippen molar-refractivity contribution in [2.24, 2.45) is 0 Å². The van der Waals surface area contributed by atoms with Gasteiger partial charge in [0.2, 0.25) is 0 Å². The average molecular weight is 298 g/mol. The molecule has 7 heteroatoms. The Kier molecular flexibility index (Phi) is 4.47. The fourth-order valence-electron chi connectivity index (χ4n) is 2.17. The van der Waals surface area contributed by atoms with E-state index in [1.165, 1.54) is 0 Å². The second-order valence-electron chi connectivity index (χ2n) is 5.37. The van der Waals surface area contributed by atoms with Gasteiger partial charge in [0.05, 0.1) is 11.5 Å². The maximum Gasteiger partial charge on any atom is 0.152 e. The van der Waals surface area contributed by atoms with Crippen molar-refractivity contribution in [2.45, 2.75) is 26.2 Å². The summed E-state index contributed by atoms with van der Waals surface area (Å²) in [5.74, 6) is 3.06. The maximum atomic E-state index is 11.7. The van der Waals surface area contributed by atoms with Crippen LogP contribution in [0.15, 0.2) is 6.07 Å². The number of aromatic nitrogens is 2. The molecule has 2 heterocycles. The Morgan fingerprint density at radius 1 is 1.25 bits per heavy atom. The minimum absolute atomic E-state index is 0.197. The van der Waals surface area contributed by atoms with Crippen molar-refractivity contribution in [1.82, 2.24) is 9.97 Å². The third-order valence-electron chi connectivity index (χ3n) is 3.38. The molecule has 20 heavy (non-hydrogen) atoms. The number of hydrogen-bond donors (Lipinski definition) is 1. The number of nitrogens with zero attached hydrogens (tertiary/aromatic N) is 3. The molecule has 6 nitrogen and oxygen atoms in total. The maximum absolute atomic E-state index is 11.7. The Hall–Kier alpha value is -1.37. The van der Waals surface area contributed by atoms with Crippen LogP contribution in [0.2, 0.25) is 0 Å². The zero-order chi connectivity index (χ0) is 14.8. The number of rotatable bonds is 3. The van der Waals surface area contributed by atoms with Gasteiger partial charge in [-0.2, -0.15) is 0 Å². The van der Waals surface area contributed by atoms with E-state index in [1.54, 1.807) is 0 Å². The van der Waals surface area contributed by atoms with E-state index in [-0.39, 0.29) is 17.4 Å². The predicted molar refractivity (Wildman–Crippen MR) is 81.2 cm³/mol. The van der Waals surface area contributed by atoms with Crippen LogP contribution >= 0.6 is 0 Å². The minimum Gasteiger partial charge on any atom is -0.373 e. The van der Waals surface area contributed by atoms with Crippen molar-refractivity contribution in [2.75, 3.05) is 41.9 Å². The zero-order valence-corrected chi connectivity index (χ0v) is 13.1. The van der Waals surface area contributed by atoms with Crippen LogP contribution in [0.1, 0.15) is 32.0 Å². The van der Waals surface area contributed by atoms with Crippen LogP contribution in [0.5, 0.6) is 0 Å². The molecule has 2 rings (SSSR count). The number of anilines is 2. The highest BCUT2D eigenvalue weighted by Crippen LogP contribution is 2.21. The molecule has 0 spiro atoms. The number of nitrogens with one attached hydrogen (secondary N) is 1. The number of sulfone groups is 1. The van der Waals surface area contributed by atoms with E-state index in [4.69, 9.17) is 0 Å². The summed E-state index contributed by atoms with van der Waals surface area (Å²) in [5, 5.41) is 3.04. The zero-order valence-electron chi connectivity index (χ0n) is 12.3. The third kappa shape index (κ3) is 3.59. The standard InChI is InChI=1S/C13H22N4O2S/c1-10(2)13-15-11(14-3)9-12(16-13)17-5-4-7-20(18,19)8-6-17/h9-10H,4-8H2,1-3H3,(H,14,15,16). The van der Waals surface area contributed by atoms with Crippen LogP contribution in [0.3, 0.4) is 0 Å². The second-order valence-corrected chi connectivity index (χ2v) is 7.67. The van der Waals surface area contributed by atoms with Gasteiger partial charge in [0.15, 0.2) is 9.84 Å². The lowest BCUT2D eigenvalue weighted by molar-refractivity contribution is 0.597. The third-order valence-corrected chi connectivity index (χ3v) is 5.10. The molecule has 0 saturated carbocycles. The Morgan fingerprint density at radius 2 is 2.00 bits per heavy atom. The molecule has 0 radical (unpaired) electrons. The van der Waals surface area contributed by atoms with Gasteiger partial charge >= 0.3 is 0 Å². The van der Waals surface area contributed by atoms with E-state index in [9.17, 15) is 8.42 Å². The van der Waals surface area contributed by atoms with Crippen LogP contribution in [0.25, 0.3) is 0 Å². The summed E-state index contributed by atoms with van der Waals surface area (Å²) in [6, 6.07) is 1.88. The molecule has 1 aromatic rings. The predicted octanol–water partition coefficient (Wildman–Crippen LogP) is 1.27. The molecule has 0 bridgehead atoms. The first-order chi connectivity index (χ1) is 9.41. The lowest BCUT2D eigenvalue weighted by atomic mass is 10.2. The summed E-state index contributed by atoms with van der Waals surface area (Å²) in [6.45, 7) is 5.31. The highest BCUT2D eigenvalue weighted by atomic mass is 32.2. The molecule has 1 aliphatic rings. The van der Waals surface area contributed by atoms with E-state index < -0.39 is 9.84 Å². The van der Waals surface area contributed by atoms with Crippen LogP contribution in [-0.2, 0) is 9.84 Å². The molecule has 1 saturated heterocycles. The first kappa shape index (κ1) is 15.0. The summed E-state index contributed by atoms with van der Waals surface area (Å²) in [6.07, 6.45) is 0.651. The molecular weight excluding hydrogens is 276 g/mol. The van der Waals surface area contributed by atoms with Crippen LogP contribution in [0, 0.1) is 0 Å². The molecular formula is C13H22N4O2S. The quantitative estimate of drug-likeness (QED) is 0.905. The van der Waals surface area contributed by atoms with Gasteiger partial charge in [-0.05, 0) is 6.42 Å². The van der Waals surface area contributed by atoms with Crippen LogP contribution < -0.4 is 10.2 Å². The van der Waals surface area contributed by atoms with E-state index in [0.717, 1.165) is 24.0 Å². The minimum atomic E-state index is -2.90. The molecule has 0 amide bonds. The Balaban J connectivity index is 2.29. The van der Waals surface area contributed by atoms with E-state index in [0.29, 0.717) is 13.0 Å². The average Bonchev–Trinajstić information content (AvgIpc) is 2.59. The Morgan fingerprint density at radius 3 is 2.65 bits per heavy atom. The Bertz CT molecular complexity index is 572. The van der Waals surface area contributed by atoms with Crippen molar-refractivity contribution < 1.29 is 8.42 Å². The molecule has 1 fully saturated rings. The van der Waals surface area contributed by atoms with Gasteiger partial charge in [-0.15, -0.1) is 0 Å². The summed E-state index contributed by atoms with van der Waals surface area (Å²) >= 11 is 0. The lowest BCUT2D eigenvalue weighted by Gasteiger charge is -2.22. The molecule has 112 valence electrons. The molecule has 0 unspecified atom stereocenters. The summed E-state index contributed by atoms with van der Waals surface area (Å²) < 4.78 is 23.3. The van der Waals surface area contributed by atoms with Gasteiger partial charge in [0.25, 0.3) is 0 Å². The van der Waals surface area contributed by atoms with Gasteiger partial charge in [-0.3, -0.25) is 0 Å². The van der Waals surface area contributed by atoms with Crippen molar-refractivity contribution in [3.8, 4) is 0 Å². The summed E-state index contributed by atoms with van der Waals surface area (Å²) in [5.41, 5.74) is 0. The SMILES string of the molecule is CNc1cc(N2CCCS(=O)(=O)CC2)nc(C(C)C)n1. The smallest absolute Gasteiger partial charge is 0.152 e. The first-order valence-corrected chi connectivity index (χ1v) is 8.75. The first-order valence-electron chi connectivity index (χ1n) is 6.93. The van der Waals surface area contributed by atoms with Crippen molar-refractivity contribution in [3.63, 3.8) is 0 Å². The molecule has 0 aliphatic carbocycles. The molecule has 1 aliphatic heterocycles. The van der Waals surface area contributed by atoms with E-state index in [2.05, 4.69) is 15.3 Å². The topological polar surface area (TPSA) is 75.2 Å². The van der Waals surface area contributed by atoms with Gasteiger partial charge in [-0.1, -0.05) is 13.8 Å². The molecule has 1 N–H and O–H groups in total. The summed E-state index contributed by atoms with van der Waals surface area (Å²) in [4.78, 5) is 11.0. The van der Waals surface area contributed by atoms with Gasteiger partial charge < -0.3 is 10.2 Å². The highest BCUT2D eigenvalue weighted by molar-refractivity contribution is 7.91.